The molecule has 0 aromatic heterocycles. The second-order valence-electron chi connectivity index (χ2n) is 4.24. The van der Waals surface area contributed by atoms with Gasteiger partial charge in [-0.15, -0.1) is 0 Å². The van der Waals surface area contributed by atoms with Crippen LogP contribution in [0.25, 0.3) is 0 Å². The first-order valence-corrected chi connectivity index (χ1v) is 8.51. The van der Waals surface area contributed by atoms with Gasteiger partial charge in [-0.25, -0.2) is 0 Å². The molecule has 0 aliphatic heterocycles. The van der Waals surface area contributed by atoms with Crippen LogP contribution in [-0.4, -0.2) is 28.6 Å². The average molecular weight is 246 g/mol. The number of hydrogen-bond acceptors (Lipinski definition) is 3. The van der Waals surface area contributed by atoms with E-state index < -0.39 is 8.80 Å². The van der Waals surface area contributed by atoms with Crippen LogP contribution < -0.4 is 0 Å². The summed E-state index contributed by atoms with van der Waals surface area (Å²) in [7, 11) is -2.39. The predicted molar refractivity (Wildman–Crippen MR) is 67.5 cm³/mol. The molecule has 0 aromatic carbocycles. The minimum atomic E-state index is -2.39. The van der Waals surface area contributed by atoms with Crippen LogP contribution in [0, 0.1) is 0 Å². The van der Waals surface area contributed by atoms with Crippen molar-refractivity contribution in [3.63, 3.8) is 0 Å². The molecule has 0 atom stereocenters. The van der Waals surface area contributed by atoms with Crippen LogP contribution in [0.15, 0.2) is 0 Å². The number of rotatable bonds is 7. The Labute approximate surface area is 101 Å². The van der Waals surface area contributed by atoms with Crippen molar-refractivity contribution in [3.8, 4) is 0 Å². The van der Waals surface area contributed by atoms with Crippen molar-refractivity contribution in [1.29, 1.82) is 0 Å². The van der Waals surface area contributed by atoms with Crippen molar-refractivity contribution in [1.82, 2.24) is 0 Å². The summed E-state index contributed by atoms with van der Waals surface area (Å²) in [6.45, 7) is 8.18. The molecule has 0 unspecified atom stereocenters. The molecule has 1 rings (SSSR count). The monoisotopic (exact) mass is 246 g/mol. The van der Waals surface area contributed by atoms with Gasteiger partial charge in [-0.1, -0.05) is 19.3 Å². The maximum absolute atomic E-state index is 5.94. The van der Waals surface area contributed by atoms with Gasteiger partial charge < -0.3 is 13.3 Å². The second kappa shape index (κ2) is 7.43. The third-order valence-electron chi connectivity index (χ3n) is 3.14. The Kier molecular flexibility index (Phi) is 6.57. The topological polar surface area (TPSA) is 27.7 Å². The lowest BCUT2D eigenvalue weighted by Gasteiger charge is -2.37. The van der Waals surface area contributed by atoms with Crippen molar-refractivity contribution in [3.05, 3.63) is 0 Å². The Morgan fingerprint density at radius 2 is 1.25 bits per heavy atom. The Bertz CT molecular complexity index is 164. The van der Waals surface area contributed by atoms with Crippen LogP contribution in [0.5, 0.6) is 0 Å². The molecular formula is C12H26O3Si. The molecule has 0 amide bonds. The third kappa shape index (κ3) is 3.55. The number of hydrogen-bond donors (Lipinski definition) is 0. The fraction of sp³-hybridized carbons (Fsp3) is 1.00. The molecule has 1 aliphatic rings. The van der Waals surface area contributed by atoms with E-state index in [2.05, 4.69) is 0 Å². The van der Waals surface area contributed by atoms with E-state index in [-0.39, 0.29) is 0 Å². The maximum Gasteiger partial charge on any atom is 0.504 e. The van der Waals surface area contributed by atoms with E-state index in [1.807, 2.05) is 20.8 Å². The van der Waals surface area contributed by atoms with E-state index >= 15 is 0 Å². The molecule has 0 spiro atoms. The van der Waals surface area contributed by atoms with Crippen molar-refractivity contribution < 1.29 is 13.3 Å². The maximum atomic E-state index is 5.94. The Morgan fingerprint density at radius 3 is 1.62 bits per heavy atom. The van der Waals surface area contributed by atoms with Crippen LogP contribution in [-0.2, 0) is 13.3 Å². The van der Waals surface area contributed by atoms with Crippen LogP contribution in [0.1, 0.15) is 52.9 Å². The average Bonchev–Trinajstić information content (AvgIpc) is 2.31. The zero-order valence-corrected chi connectivity index (χ0v) is 12.0. The zero-order chi connectivity index (χ0) is 11.9. The minimum Gasteiger partial charge on any atom is -0.374 e. The Balaban J connectivity index is 2.70. The highest BCUT2D eigenvalue weighted by Gasteiger charge is 2.48. The standard InChI is InChI=1S/C12H26O3Si/c1-4-13-16(14-5-2,15-6-3)12-10-8-7-9-11-12/h12H,4-11H2,1-3H3. The van der Waals surface area contributed by atoms with Crippen molar-refractivity contribution in [2.75, 3.05) is 19.8 Å². The molecule has 16 heavy (non-hydrogen) atoms. The molecule has 96 valence electrons. The first-order chi connectivity index (χ1) is 7.79. The molecule has 0 N–H and O–H groups in total. The summed E-state index contributed by atoms with van der Waals surface area (Å²) in [6.07, 6.45) is 6.38. The lowest BCUT2D eigenvalue weighted by molar-refractivity contribution is 0.0561. The molecule has 0 radical (unpaired) electrons. The molecular weight excluding hydrogens is 220 g/mol. The van der Waals surface area contributed by atoms with Gasteiger partial charge in [0.15, 0.2) is 0 Å². The first-order valence-electron chi connectivity index (χ1n) is 6.70. The van der Waals surface area contributed by atoms with E-state index in [1.165, 1.54) is 32.1 Å². The summed E-state index contributed by atoms with van der Waals surface area (Å²) in [5.41, 5.74) is 0.529. The van der Waals surface area contributed by atoms with Crippen LogP contribution in [0.2, 0.25) is 5.54 Å². The first kappa shape index (κ1) is 14.2. The van der Waals surface area contributed by atoms with E-state index in [0.717, 1.165) is 0 Å². The van der Waals surface area contributed by atoms with Crippen molar-refractivity contribution in [2.24, 2.45) is 0 Å². The quantitative estimate of drug-likeness (QED) is 0.645. The summed E-state index contributed by atoms with van der Waals surface area (Å²) < 4.78 is 17.8. The molecule has 1 aliphatic carbocycles. The van der Waals surface area contributed by atoms with E-state index in [0.29, 0.717) is 25.4 Å². The highest BCUT2D eigenvalue weighted by Crippen LogP contribution is 2.38. The van der Waals surface area contributed by atoms with Gasteiger partial charge in [0.25, 0.3) is 0 Å². The normalized spacial score (nSPS) is 18.9. The molecule has 1 saturated carbocycles. The lowest BCUT2D eigenvalue weighted by Crippen LogP contribution is -2.51. The largest absolute Gasteiger partial charge is 0.504 e. The fourth-order valence-corrected chi connectivity index (χ4v) is 5.82. The summed E-state index contributed by atoms with van der Waals surface area (Å²) in [5.74, 6) is 0. The summed E-state index contributed by atoms with van der Waals surface area (Å²) in [4.78, 5) is 0. The second-order valence-corrected chi connectivity index (χ2v) is 7.13. The molecule has 0 aromatic rings. The zero-order valence-electron chi connectivity index (χ0n) is 11.0. The van der Waals surface area contributed by atoms with E-state index in [9.17, 15) is 0 Å². The smallest absolute Gasteiger partial charge is 0.374 e. The van der Waals surface area contributed by atoms with Gasteiger partial charge in [0.2, 0.25) is 0 Å². The summed E-state index contributed by atoms with van der Waals surface area (Å²) >= 11 is 0. The lowest BCUT2D eigenvalue weighted by atomic mass is 10.0. The highest BCUT2D eigenvalue weighted by atomic mass is 28.4. The fourth-order valence-electron chi connectivity index (χ4n) is 2.54. The molecule has 0 saturated heterocycles. The third-order valence-corrected chi connectivity index (χ3v) is 6.79. The van der Waals surface area contributed by atoms with Gasteiger partial charge in [-0.2, -0.15) is 0 Å². The van der Waals surface area contributed by atoms with E-state index in [4.69, 9.17) is 13.3 Å². The minimum absolute atomic E-state index is 0.529. The van der Waals surface area contributed by atoms with Crippen molar-refractivity contribution >= 4 is 8.80 Å². The van der Waals surface area contributed by atoms with Gasteiger partial charge in [-0.3, -0.25) is 0 Å². The summed E-state index contributed by atoms with van der Waals surface area (Å²) in [6, 6.07) is 0. The van der Waals surface area contributed by atoms with Gasteiger partial charge in [0.1, 0.15) is 0 Å². The molecule has 0 heterocycles. The van der Waals surface area contributed by atoms with Gasteiger partial charge >= 0.3 is 8.80 Å². The predicted octanol–water partition coefficient (Wildman–Crippen LogP) is 3.37. The van der Waals surface area contributed by atoms with Crippen LogP contribution >= 0.6 is 0 Å². The van der Waals surface area contributed by atoms with Gasteiger partial charge in [-0.05, 0) is 33.6 Å². The highest BCUT2D eigenvalue weighted by molar-refractivity contribution is 6.62. The molecule has 0 bridgehead atoms. The van der Waals surface area contributed by atoms with Crippen molar-refractivity contribution in [2.45, 2.75) is 58.4 Å². The Morgan fingerprint density at radius 1 is 0.812 bits per heavy atom. The Hall–Kier alpha value is 0.0969. The molecule has 4 heteroatoms. The summed E-state index contributed by atoms with van der Waals surface area (Å²) in [5, 5.41) is 0. The SMILES string of the molecule is CCO[Si](OCC)(OCC)C1CCCCC1. The van der Waals surface area contributed by atoms with Gasteiger partial charge in [0.05, 0.1) is 0 Å². The van der Waals surface area contributed by atoms with Gasteiger partial charge in [0, 0.05) is 25.4 Å². The molecule has 3 nitrogen and oxygen atoms in total. The van der Waals surface area contributed by atoms with Crippen LogP contribution in [0.4, 0.5) is 0 Å². The van der Waals surface area contributed by atoms with Crippen LogP contribution in [0.3, 0.4) is 0 Å². The van der Waals surface area contributed by atoms with E-state index in [1.54, 1.807) is 0 Å². The molecule has 1 fully saturated rings.